The molecule has 4 rings (SSSR count). The minimum Gasteiger partial charge on any atom is -0.395 e. The van der Waals surface area contributed by atoms with Crippen LogP contribution in [0.3, 0.4) is 0 Å². The molecule has 10 heteroatoms. The van der Waals surface area contributed by atoms with Gasteiger partial charge in [-0.25, -0.2) is 4.98 Å². The van der Waals surface area contributed by atoms with Crippen LogP contribution in [0, 0.1) is 5.92 Å². The van der Waals surface area contributed by atoms with Gasteiger partial charge in [0.05, 0.1) is 24.5 Å². The SMILES string of the molecule is NC(=O)c1cnc(Nc2ccc(N3CCC(C(=O)N(CCO)CCO)CC3)cc2)cc1NCc1ccccc1. The smallest absolute Gasteiger partial charge is 0.252 e. The molecule has 206 valence electrons. The molecule has 3 aromatic rings. The molecule has 0 atom stereocenters. The van der Waals surface area contributed by atoms with Crippen LogP contribution in [0.4, 0.5) is 22.9 Å². The van der Waals surface area contributed by atoms with Gasteiger partial charge in [0.1, 0.15) is 5.82 Å². The average molecular weight is 533 g/mol. The number of aliphatic hydroxyl groups excluding tert-OH is 2. The zero-order valence-corrected chi connectivity index (χ0v) is 21.9. The third-order valence-electron chi connectivity index (χ3n) is 6.90. The zero-order valence-electron chi connectivity index (χ0n) is 21.9. The number of carbonyl (C=O) groups excluding carboxylic acids is 2. The van der Waals surface area contributed by atoms with Crippen molar-refractivity contribution in [3.8, 4) is 0 Å². The van der Waals surface area contributed by atoms with Crippen molar-refractivity contribution in [2.45, 2.75) is 19.4 Å². The van der Waals surface area contributed by atoms with E-state index in [0.717, 1.165) is 42.9 Å². The van der Waals surface area contributed by atoms with Gasteiger partial charge >= 0.3 is 0 Å². The summed E-state index contributed by atoms with van der Waals surface area (Å²) in [5.41, 5.74) is 9.48. The number of nitrogens with two attached hydrogens (primary N) is 1. The van der Waals surface area contributed by atoms with E-state index >= 15 is 0 Å². The number of amides is 2. The van der Waals surface area contributed by atoms with Crippen molar-refractivity contribution in [1.82, 2.24) is 9.88 Å². The predicted octanol–water partition coefficient (Wildman–Crippen LogP) is 2.57. The fourth-order valence-corrected chi connectivity index (χ4v) is 4.78. The van der Waals surface area contributed by atoms with Gasteiger partial charge < -0.3 is 36.4 Å². The van der Waals surface area contributed by atoms with Gasteiger partial charge in [-0.2, -0.15) is 0 Å². The van der Waals surface area contributed by atoms with E-state index in [1.807, 2.05) is 54.6 Å². The molecular formula is C29H36N6O4. The van der Waals surface area contributed by atoms with Gasteiger partial charge in [0, 0.05) is 62.3 Å². The normalized spacial score (nSPS) is 13.6. The second kappa shape index (κ2) is 13.6. The van der Waals surface area contributed by atoms with Crippen LogP contribution in [0.5, 0.6) is 0 Å². The van der Waals surface area contributed by atoms with Crippen molar-refractivity contribution in [2.24, 2.45) is 11.7 Å². The number of hydrogen-bond acceptors (Lipinski definition) is 8. The van der Waals surface area contributed by atoms with Crippen LogP contribution >= 0.6 is 0 Å². The van der Waals surface area contributed by atoms with Gasteiger partial charge in [-0.1, -0.05) is 30.3 Å². The maximum Gasteiger partial charge on any atom is 0.252 e. The summed E-state index contributed by atoms with van der Waals surface area (Å²) < 4.78 is 0. The van der Waals surface area contributed by atoms with E-state index in [9.17, 15) is 19.8 Å². The third kappa shape index (κ3) is 7.46. The fraction of sp³-hybridized carbons (Fsp3) is 0.345. The van der Waals surface area contributed by atoms with Crippen LogP contribution in [0.2, 0.25) is 0 Å². The number of aliphatic hydroxyl groups is 2. The monoisotopic (exact) mass is 532 g/mol. The summed E-state index contributed by atoms with van der Waals surface area (Å²) in [4.78, 5) is 32.9. The van der Waals surface area contributed by atoms with E-state index in [1.165, 1.54) is 6.20 Å². The number of pyridine rings is 1. The van der Waals surface area contributed by atoms with Gasteiger partial charge in [0.2, 0.25) is 5.91 Å². The lowest BCUT2D eigenvalue weighted by Crippen LogP contribution is -2.44. The number of hydrogen-bond donors (Lipinski definition) is 5. The number of carbonyl (C=O) groups is 2. The molecule has 0 bridgehead atoms. The highest BCUT2D eigenvalue weighted by Crippen LogP contribution is 2.27. The van der Waals surface area contributed by atoms with Crippen molar-refractivity contribution in [2.75, 3.05) is 54.9 Å². The molecule has 1 saturated heterocycles. The van der Waals surface area contributed by atoms with E-state index in [-0.39, 0.29) is 38.1 Å². The number of rotatable bonds is 12. The van der Waals surface area contributed by atoms with Crippen LogP contribution in [-0.2, 0) is 11.3 Å². The molecule has 0 unspecified atom stereocenters. The predicted molar refractivity (Wildman–Crippen MR) is 152 cm³/mol. The minimum absolute atomic E-state index is 0.00443. The molecule has 39 heavy (non-hydrogen) atoms. The molecule has 1 aliphatic heterocycles. The average Bonchev–Trinajstić information content (AvgIpc) is 2.96. The summed E-state index contributed by atoms with van der Waals surface area (Å²) in [5.74, 6) is -0.0592. The highest BCUT2D eigenvalue weighted by Gasteiger charge is 2.28. The molecule has 2 aromatic carbocycles. The van der Waals surface area contributed by atoms with Crippen LogP contribution in [0.15, 0.2) is 66.9 Å². The lowest BCUT2D eigenvalue weighted by atomic mass is 9.94. The number of nitrogens with one attached hydrogen (secondary N) is 2. The molecule has 2 heterocycles. The van der Waals surface area contributed by atoms with Gasteiger partial charge in [-0.3, -0.25) is 9.59 Å². The molecule has 2 amide bonds. The Morgan fingerprint density at radius 2 is 1.67 bits per heavy atom. The van der Waals surface area contributed by atoms with Crippen LogP contribution in [-0.4, -0.2) is 71.3 Å². The lowest BCUT2D eigenvalue weighted by Gasteiger charge is -2.35. The number of aromatic nitrogens is 1. The van der Waals surface area contributed by atoms with E-state index < -0.39 is 5.91 Å². The Balaban J connectivity index is 1.36. The lowest BCUT2D eigenvalue weighted by molar-refractivity contribution is -0.137. The van der Waals surface area contributed by atoms with Crippen molar-refractivity contribution < 1.29 is 19.8 Å². The van der Waals surface area contributed by atoms with Gasteiger partial charge in [-0.05, 0) is 42.7 Å². The first-order valence-corrected chi connectivity index (χ1v) is 13.2. The van der Waals surface area contributed by atoms with Crippen molar-refractivity contribution in [3.63, 3.8) is 0 Å². The number of benzene rings is 2. The molecular weight excluding hydrogens is 496 g/mol. The highest BCUT2D eigenvalue weighted by atomic mass is 16.3. The topological polar surface area (TPSA) is 144 Å². The second-order valence-electron chi connectivity index (χ2n) is 9.52. The third-order valence-corrected chi connectivity index (χ3v) is 6.90. The molecule has 10 nitrogen and oxygen atoms in total. The molecule has 6 N–H and O–H groups in total. The largest absolute Gasteiger partial charge is 0.395 e. The van der Waals surface area contributed by atoms with Gasteiger partial charge in [0.25, 0.3) is 5.91 Å². The molecule has 0 radical (unpaired) electrons. The molecule has 1 fully saturated rings. The van der Waals surface area contributed by atoms with Crippen LogP contribution < -0.4 is 21.3 Å². The van der Waals surface area contributed by atoms with E-state index in [4.69, 9.17) is 5.73 Å². The zero-order chi connectivity index (χ0) is 27.6. The molecule has 0 aliphatic carbocycles. The molecule has 1 aromatic heterocycles. The Hall–Kier alpha value is -4.15. The number of anilines is 4. The number of nitrogens with zero attached hydrogens (tertiary/aromatic N) is 3. The van der Waals surface area contributed by atoms with Gasteiger partial charge in [-0.15, -0.1) is 0 Å². The Morgan fingerprint density at radius 1 is 1.00 bits per heavy atom. The Labute approximate surface area is 228 Å². The van der Waals surface area contributed by atoms with E-state index in [2.05, 4.69) is 20.5 Å². The summed E-state index contributed by atoms with van der Waals surface area (Å²) in [6, 6.07) is 19.7. The Bertz CT molecular complexity index is 1220. The van der Waals surface area contributed by atoms with Crippen LogP contribution in [0.25, 0.3) is 0 Å². The molecule has 0 spiro atoms. The standard InChI is InChI=1S/C29H36N6O4/c30-28(38)25-20-32-27(18-26(25)31-19-21-4-2-1-3-5-21)33-23-6-8-24(9-7-23)34-12-10-22(11-13-34)29(39)35(14-16-36)15-17-37/h1-9,18,20,22,36-37H,10-17,19H2,(H2,30,38)(H2,31,32,33). The van der Waals surface area contributed by atoms with Crippen molar-refractivity contribution in [3.05, 3.63) is 78.0 Å². The molecule has 0 saturated carbocycles. The first-order chi connectivity index (χ1) is 19.0. The number of piperidine rings is 1. The first kappa shape index (κ1) is 27.9. The maximum atomic E-state index is 12.8. The summed E-state index contributed by atoms with van der Waals surface area (Å²) in [5, 5.41) is 25.0. The Kier molecular flexibility index (Phi) is 9.71. The van der Waals surface area contributed by atoms with Crippen LogP contribution in [0.1, 0.15) is 28.8 Å². The Morgan fingerprint density at radius 3 is 2.28 bits per heavy atom. The minimum atomic E-state index is -0.547. The van der Waals surface area contributed by atoms with Crippen molar-refractivity contribution in [1.29, 1.82) is 0 Å². The maximum absolute atomic E-state index is 12.8. The first-order valence-electron chi connectivity index (χ1n) is 13.2. The summed E-state index contributed by atoms with van der Waals surface area (Å²) >= 11 is 0. The quantitative estimate of drug-likeness (QED) is 0.239. The fourth-order valence-electron chi connectivity index (χ4n) is 4.78. The van der Waals surface area contributed by atoms with Gasteiger partial charge in [0.15, 0.2) is 0 Å². The highest BCUT2D eigenvalue weighted by molar-refractivity contribution is 5.98. The van der Waals surface area contributed by atoms with E-state index in [0.29, 0.717) is 23.6 Å². The van der Waals surface area contributed by atoms with Crippen molar-refractivity contribution >= 4 is 34.7 Å². The number of primary amides is 1. The summed E-state index contributed by atoms with van der Waals surface area (Å²) in [6.45, 7) is 2.33. The second-order valence-corrected chi connectivity index (χ2v) is 9.52. The summed E-state index contributed by atoms with van der Waals surface area (Å²) in [6.07, 6.45) is 2.92. The van der Waals surface area contributed by atoms with E-state index in [1.54, 1.807) is 11.0 Å². The summed E-state index contributed by atoms with van der Waals surface area (Å²) in [7, 11) is 0. The molecule has 1 aliphatic rings.